The maximum Gasteiger partial charge on any atom is 0.228 e. The van der Waals surface area contributed by atoms with Crippen LogP contribution in [0.5, 0.6) is 0 Å². The average Bonchev–Trinajstić information content (AvgIpc) is 2.52. The van der Waals surface area contributed by atoms with E-state index in [1.807, 2.05) is 18.2 Å². The Balaban J connectivity index is 1.93. The topological polar surface area (TPSA) is 55.4 Å². The summed E-state index contributed by atoms with van der Waals surface area (Å²) in [4.78, 5) is 25.9. The summed E-state index contributed by atoms with van der Waals surface area (Å²) in [5.74, 6) is -0.325. The first kappa shape index (κ1) is 20.7. The molecule has 1 aromatic carbocycles. The number of Topliss-reactive ketones (excluding diaryl/α,β-unsaturated/α-hetero) is 1. The van der Waals surface area contributed by atoms with Gasteiger partial charge < -0.3 is 9.74 Å². The van der Waals surface area contributed by atoms with Gasteiger partial charge in [-0.15, -0.1) is 0 Å². The molecule has 0 spiro atoms. The Morgan fingerprint density at radius 1 is 1.19 bits per heavy atom. The van der Waals surface area contributed by atoms with Crippen molar-refractivity contribution in [3.63, 3.8) is 0 Å². The fourth-order valence-corrected chi connectivity index (χ4v) is 6.36. The summed E-state index contributed by atoms with van der Waals surface area (Å²) in [6.45, 7) is 12.7. The molecular weight excluding hydrogens is 422 g/mol. The first-order valence-electron chi connectivity index (χ1n) is 9.76. The zero-order chi connectivity index (χ0) is 20.1. The number of benzene rings is 1. The standard InChI is InChI=1S/C21H30BrNO3Si/c1-20(2,3)21(4,26-27(5)6)16-17(23-19(16)25)14-10-8-12-7-9-13(22)11-15(12)18(14)24/h7,9,11,14,16-17,27H,8,10H2,1-6H3,(H,23,25)/t14-,16+,17+,21+/m0/s1. The Labute approximate surface area is 172 Å². The Kier molecular flexibility index (Phi) is 5.47. The first-order valence-corrected chi connectivity index (χ1v) is 13.3. The maximum absolute atomic E-state index is 13.2. The summed E-state index contributed by atoms with van der Waals surface area (Å²) in [7, 11) is -1.38. The highest BCUT2D eigenvalue weighted by atomic mass is 79.9. The highest BCUT2D eigenvalue weighted by molar-refractivity contribution is 9.10. The molecule has 4 nitrogen and oxygen atoms in total. The summed E-state index contributed by atoms with van der Waals surface area (Å²) >= 11 is 3.47. The van der Waals surface area contributed by atoms with Gasteiger partial charge in [-0.25, -0.2) is 0 Å². The lowest BCUT2D eigenvalue weighted by Gasteiger charge is -2.56. The van der Waals surface area contributed by atoms with E-state index in [2.05, 4.69) is 62.0 Å². The van der Waals surface area contributed by atoms with E-state index in [1.54, 1.807) is 0 Å². The third-order valence-electron chi connectivity index (χ3n) is 6.35. The zero-order valence-corrected chi connectivity index (χ0v) is 19.8. The van der Waals surface area contributed by atoms with Crippen molar-refractivity contribution in [3.05, 3.63) is 33.8 Å². The number of hydrogen-bond donors (Lipinski definition) is 1. The van der Waals surface area contributed by atoms with Gasteiger partial charge >= 0.3 is 0 Å². The number of nitrogens with one attached hydrogen (secondary N) is 1. The minimum absolute atomic E-state index is 0.0138. The van der Waals surface area contributed by atoms with Crippen molar-refractivity contribution >= 4 is 36.7 Å². The second-order valence-corrected chi connectivity index (χ2v) is 12.6. The number of hydrogen-bond acceptors (Lipinski definition) is 3. The van der Waals surface area contributed by atoms with Crippen LogP contribution in [0, 0.1) is 17.3 Å². The Bertz CT molecular complexity index is 773. The molecule has 1 aliphatic carbocycles. The average molecular weight is 452 g/mol. The van der Waals surface area contributed by atoms with Crippen molar-refractivity contribution in [2.75, 3.05) is 0 Å². The lowest BCUT2D eigenvalue weighted by Crippen LogP contribution is -2.73. The molecule has 0 bridgehead atoms. The molecule has 1 N–H and O–H groups in total. The molecule has 1 amide bonds. The normalized spacial score (nSPS) is 27.6. The van der Waals surface area contributed by atoms with Crippen molar-refractivity contribution in [2.24, 2.45) is 17.3 Å². The molecule has 0 radical (unpaired) electrons. The predicted molar refractivity (Wildman–Crippen MR) is 114 cm³/mol. The van der Waals surface area contributed by atoms with Gasteiger partial charge in [0.05, 0.1) is 17.6 Å². The maximum atomic E-state index is 13.2. The van der Waals surface area contributed by atoms with Gasteiger partial charge in [-0.3, -0.25) is 9.59 Å². The second kappa shape index (κ2) is 7.12. The highest BCUT2D eigenvalue weighted by Gasteiger charge is 2.60. The van der Waals surface area contributed by atoms with Gasteiger partial charge in [0.15, 0.2) is 14.8 Å². The number of halogens is 1. The summed E-state index contributed by atoms with van der Waals surface area (Å²) < 4.78 is 7.40. The molecule has 1 heterocycles. The molecule has 1 saturated heterocycles. The van der Waals surface area contributed by atoms with Crippen molar-refractivity contribution < 1.29 is 14.0 Å². The quantitative estimate of drug-likeness (QED) is 0.553. The van der Waals surface area contributed by atoms with Crippen LogP contribution in [-0.4, -0.2) is 32.4 Å². The third kappa shape index (κ3) is 3.56. The summed E-state index contributed by atoms with van der Waals surface area (Å²) in [6, 6.07) is 5.77. The third-order valence-corrected chi connectivity index (χ3v) is 7.80. The van der Waals surface area contributed by atoms with Gasteiger partial charge in [-0.05, 0) is 56.0 Å². The molecule has 3 rings (SSSR count). The van der Waals surface area contributed by atoms with Gasteiger partial charge in [-0.1, -0.05) is 42.8 Å². The number of carbonyl (C=O) groups is 2. The first-order chi connectivity index (χ1) is 12.5. The largest absolute Gasteiger partial charge is 0.414 e. The molecule has 0 unspecified atom stereocenters. The summed E-state index contributed by atoms with van der Waals surface area (Å²) in [5, 5.41) is 3.05. The van der Waals surface area contributed by atoms with Crippen LogP contribution in [0.1, 0.15) is 50.0 Å². The van der Waals surface area contributed by atoms with Crippen LogP contribution in [0.25, 0.3) is 0 Å². The van der Waals surface area contributed by atoms with Crippen molar-refractivity contribution in [1.29, 1.82) is 0 Å². The van der Waals surface area contributed by atoms with Crippen molar-refractivity contribution in [1.82, 2.24) is 5.32 Å². The fraction of sp³-hybridized carbons (Fsp3) is 0.619. The molecule has 4 atom stereocenters. The molecule has 0 aromatic heterocycles. The smallest absolute Gasteiger partial charge is 0.228 e. The van der Waals surface area contributed by atoms with Crippen molar-refractivity contribution in [2.45, 2.75) is 65.3 Å². The fourth-order valence-electron chi connectivity index (χ4n) is 4.52. The van der Waals surface area contributed by atoms with Crippen LogP contribution in [0.15, 0.2) is 22.7 Å². The lowest BCUT2D eigenvalue weighted by atomic mass is 9.60. The van der Waals surface area contributed by atoms with E-state index in [1.165, 1.54) is 0 Å². The molecule has 2 aliphatic rings. The monoisotopic (exact) mass is 451 g/mol. The number of ketones is 1. The van der Waals surface area contributed by atoms with Crippen LogP contribution < -0.4 is 5.32 Å². The van der Waals surface area contributed by atoms with Crippen molar-refractivity contribution in [3.8, 4) is 0 Å². The lowest BCUT2D eigenvalue weighted by molar-refractivity contribution is -0.161. The minimum atomic E-state index is -1.38. The SMILES string of the molecule is C[SiH](C)O[C@](C)([C@H]1C(=O)N[C@@H]1[C@@H]1CCc2ccc(Br)cc2C1=O)C(C)(C)C. The molecular formula is C21H30BrNO3Si. The van der Waals surface area contributed by atoms with Gasteiger partial charge in [0.2, 0.25) is 5.91 Å². The van der Waals surface area contributed by atoms with E-state index >= 15 is 0 Å². The van der Waals surface area contributed by atoms with E-state index in [9.17, 15) is 9.59 Å². The van der Waals surface area contributed by atoms with E-state index < -0.39 is 14.6 Å². The minimum Gasteiger partial charge on any atom is -0.414 e. The molecule has 27 heavy (non-hydrogen) atoms. The van der Waals surface area contributed by atoms with Crippen LogP contribution >= 0.6 is 15.9 Å². The van der Waals surface area contributed by atoms with Gasteiger partial charge in [0, 0.05) is 16.0 Å². The molecule has 148 valence electrons. The predicted octanol–water partition coefficient (Wildman–Crippen LogP) is 4.11. The van der Waals surface area contributed by atoms with E-state index in [0.717, 1.165) is 28.4 Å². The van der Waals surface area contributed by atoms with Crippen LogP contribution in [0.4, 0.5) is 0 Å². The Morgan fingerprint density at radius 3 is 2.41 bits per heavy atom. The van der Waals surface area contributed by atoms with Gasteiger partial charge in [0.25, 0.3) is 0 Å². The van der Waals surface area contributed by atoms with E-state index in [-0.39, 0.29) is 35.0 Å². The Hall–Kier alpha value is -0.983. The number of fused-ring (bicyclic) bond motifs is 1. The van der Waals surface area contributed by atoms with Crippen LogP contribution in [-0.2, 0) is 15.6 Å². The van der Waals surface area contributed by atoms with Crippen LogP contribution in [0.3, 0.4) is 0 Å². The van der Waals surface area contributed by atoms with E-state index in [0.29, 0.717) is 0 Å². The molecule has 0 saturated carbocycles. The molecule has 1 fully saturated rings. The number of carbonyl (C=O) groups excluding carboxylic acids is 2. The molecule has 1 aromatic rings. The Morgan fingerprint density at radius 2 is 1.85 bits per heavy atom. The summed E-state index contributed by atoms with van der Waals surface area (Å²) in [6.07, 6.45) is 1.64. The van der Waals surface area contributed by atoms with Gasteiger partial charge in [-0.2, -0.15) is 0 Å². The van der Waals surface area contributed by atoms with E-state index in [4.69, 9.17) is 4.43 Å². The second-order valence-electron chi connectivity index (χ2n) is 9.35. The highest BCUT2D eigenvalue weighted by Crippen LogP contribution is 2.47. The number of aryl methyl sites for hydroxylation is 1. The molecule has 6 heteroatoms. The summed E-state index contributed by atoms with van der Waals surface area (Å²) in [5.41, 5.74) is 1.10. The molecule has 1 aliphatic heterocycles. The zero-order valence-electron chi connectivity index (χ0n) is 17.1. The number of amides is 1. The number of β-lactam (4-membered cyclic amide) rings is 1. The number of rotatable bonds is 4. The van der Waals surface area contributed by atoms with Crippen LogP contribution in [0.2, 0.25) is 13.1 Å². The van der Waals surface area contributed by atoms with Gasteiger partial charge in [0.1, 0.15) is 0 Å².